The Kier molecular flexibility index (Phi) is 4.86. The molecule has 0 aromatic heterocycles. The highest BCUT2D eigenvalue weighted by Gasteiger charge is 2.29. The lowest BCUT2D eigenvalue weighted by atomic mass is 10.2. The fourth-order valence-electron chi connectivity index (χ4n) is 1.62. The molecule has 0 radical (unpaired) electrons. The molecule has 1 heterocycles. The summed E-state index contributed by atoms with van der Waals surface area (Å²) in [6, 6.07) is 0. The summed E-state index contributed by atoms with van der Waals surface area (Å²) in [5.41, 5.74) is -0.425. The first-order valence-corrected chi connectivity index (χ1v) is 6.93. The molecule has 4 nitrogen and oxygen atoms in total. The van der Waals surface area contributed by atoms with E-state index in [0.717, 1.165) is 13.0 Å². The third-order valence-electron chi connectivity index (χ3n) is 2.42. The van der Waals surface area contributed by atoms with Crippen LogP contribution in [-0.2, 0) is 14.3 Å². The van der Waals surface area contributed by atoms with Gasteiger partial charge in [0.1, 0.15) is 5.60 Å². The minimum atomic E-state index is -0.425. The van der Waals surface area contributed by atoms with Gasteiger partial charge in [0, 0.05) is 19.3 Å². The Hall–Kier alpha value is -0.710. The minimum absolute atomic E-state index is 0.0300. The van der Waals surface area contributed by atoms with Crippen LogP contribution in [0.15, 0.2) is 0 Å². The van der Waals surface area contributed by atoms with Crippen molar-refractivity contribution in [1.29, 1.82) is 0 Å². The van der Waals surface area contributed by atoms with Crippen LogP contribution < -0.4 is 0 Å². The number of esters is 1. The van der Waals surface area contributed by atoms with Gasteiger partial charge in [0.2, 0.25) is 5.91 Å². The van der Waals surface area contributed by atoms with E-state index in [1.165, 1.54) is 0 Å². The monoisotopic (exact) mass is 259 g/mol. The summed E-state index contributed by atoms with van der Waals surface area (Å²) in [7, 11) is 1.82. The van der Waals surface area contributed by atoms with Gasteiger partial charge in [0.05, 0.1) is 11.7 Å². The summed E-state index contributed by atoms with van der Waals surface area (Å²) in [6.07, 6.45) is 1.25. The van der Waals surface area contributed by atoms with Crippen molar-refractivity contribution in [1.82, 2.24) is 4.90 Å². The van der Waals surface area contributed by atoms with Gasteiger partial charge in [0.15, 0.2) is 0 Å². The lowest BCUT2D eigenvalue weighted by molar-refractivity contribution is -0.154. The maximum absolute atomic E-state index is 11.6. The number of rotatable bonds is 4. The highest BCUT2D eigenvalue weighted by molar-refractivity contribution is 8.00. The molecule has 1 aliphatic heterocycles. The quantitative estimate of drug-likeness (QED) is 0.721. The standard InChI is InChI=1S/C12H21NO3S/c1-12(2,3)16-10(14)6-8-17-9-5-7-13(4)11(9)15/h9H,5-8H2,1-4H3/t9-/m1/s1. The van der Waals surface area contributed by atoms with Gasteiger partial charge in [-0.2, -0.15) is 0 Å². The smallest absolute Gasteiger partial charge is 0.307 e. The average Bonchev–Trinajstić information content (AvgIpc) is 2.46. The van der Waals surface area contributed by atoms with Crippen LogP contribution in [0.5, 0.6) is 0 Å². The van der Waals surface area contributed by atoms with Crippen LogP contribution in [0.25, 0.3) is 0 Å². The predicted octanol–water partition coefficient (Wildman–Crippen LogP) is 1.68. The van der Waals surface area contributed by atoms with Crippen LogP contribution in [0.4, 0.5) is 0 Å². The molecule has 5 heteroatoms. The summed E-state index contributed by atoms with van der Waals surface area (Å²) in [4.78, 5) is 24.8. The van der Waals surface area contributed by atoms with Crippen LogP contribution in [0.1, 0.15) is 33.6 Å². The Morgan fingerprint density at radius 1 is 1.53 bits per heavy atom. The minimum Gasteiger partial charge on any atom is -0.460 e. The second-order valence-electron chi connectivity index (χ2n) is 5.24. The molecule has 0 spiro atoms. The van der Waals surface area contributed by atoms with Crippen molar-refractivity contribution in [3.63, 3.8) is 0 Å². The molecule has 0 aromatic rings. The number of likely N-dealkylation sites (tertiary alicyclic amines) is 1. The number of hydrogen-bond donors (Lipinski definition) is 0. The molecule has 17 heavy (non-hydrogen) atoms. The van der Waals surface area contributed by atoms with Crippen LogP contribution in [0.2, 0.25) is 0 Å². The van der Waals surface area contributed by atoms with Crippen molar-refractivity contribution < 1.29 is 14.3 Å². The average molecular weight is 259 g/mol. The molecule has 1 amide bonds. The molecule has 1 fully saturated rings. The van der Waals surface area contributed by atoms with Crippen molar-refractivity contribution >= 4 is 23.6 Å². The highest BCUT2D eigenvalue weighted by Crippen LogP contribution is 2.23. The fraction of sp³-hybridized carbons (Fsp3) is 0.833. The van der Waals surface area contributed by atoms with E-state index in [1.807, 2.05) is 27.8 Å². The van der Waals surface area contributed by atoms with Gasteiger partial charge >= 0.3 is 5.97 Å². The Labute approximate surface area is 107 Å². The topological polar surface area (TPSA) is 46.6 Å². The molecule has 1 rings (SSSR count). The van der Waals surface area contributed by atoms with E-state index in [2.05, 4.69) is 0 Å². The first-order chi connectivity index (χ1) is 7.79. The molecule has 0 unspecified atom stereocenters. The highest BCUT2D eigenvalue weighted by atomic mass is 32.2. The molecule has 0 N–H and O–H groups in total. The third kappa shape index (κ3) is 4.98. The Morgan fingerprint density at radius 3 is 2.65 bits per heavy atom. The third-order valence-corrected chi connectivity index (χ3v) is 3.70. The molecular weight excluding hydrogens is 238 g/mol. The van der Waals surface area contributed by atoms with Crippen molar-refractivity contribution in [2.75, 3.05) is 19.3 Å². The lowest BCUT2D eigenvalue weighted by Gasteiger charge is -2.19. The predicted molar refractivity (Wildman–Crippen MR) is 69.0 cm³/mol. The van der Waals surface area contributed by atoms with Gasteiger partial charge in [-0.05, 0) is 27.2 Å². The number of carbonyl (C=O) groups excluding carboxylic acids is 2. The van der Waals surface area contributed by atoms with Crippen LogP contribution in [-0.4, -0.2) is 47.0 Å². The zero-order valence-electron chi connectivity index (χ0n) is 11.0. The van der Waals surface area contributed by atoms with Crippen molar-refractivity contribution in [3.8, 4) is 0 Å². The van der Waals surface area contributed by atoms with E-state index in [1.54, 1.807) is 16.7 Å². The fourth-order valence-corrected chi connectivity index (χ4v) is 2.79. The number of amides is 1. The van der Waals surface area contributed by atoms with Crippen molar-refractivity contribution in [2.24, 2.45) is 0 Å². The van der Waals surface area contributed by atoms with Gasteiger partial charge < -0.3 is 9.64 Å². The van der Waals surface area contributed by atoms with Crippen LogP contribution in [0.3, 0.4) is 0 Å². The summed E-state index contributed by atoms with van der Waals surface area (Å²) in [6.45, 7) is 6.39. The van der Waals surface area contributed by atoms with Crippen LogP contribution in [0, 0.1) is 0 Å². The van der Waals surface area contributed by atoms with E-state index in [4.69, 9.17) is 4.74 Å². The summed E-state index contributed by atoms with van der Waals surface area (Å²) in [5, 5.41) is 0.0300. The van der Waals surface area contributed by atoms with Gasteiger partial charge in [-0.3, -0.25) is 9.59 Å². The number of ether oxygens (including phenoxy) is 1. The maximum Gasteiger partial charge on any atom is 0.307 e. The lowest BCUT2D eigenvalue weighted by Crippen LogP contribution is -2.25. The zero-order chi connectivity index (χ0) is 13.1. The SMILES string of the molecule is CN1CC[C@@H](SCCC(=O)OC(C)(C)C)C1=O. The number of hydrogen-bond acceptors (Lipinski definition) is 4. The van der Waals surface area contributed by atoms with E-state index in [0.29, 0.717) is 12.2 Å². The summed E-state index contributed by atoms with van der Waals surface area (Å²) in [5.74, 6) is 0.641. The second kappa shape index (κ2) is 5.76. The summed E-state index contributed by atoms with van der Waals surface area (Å²) < 4.78 is 5.20. The maximum atomic E-state index is 11.6. The molecule has 0 bridgehead atoms. The van der Waals surface area contributed by atoms with E-state index < -0.39 is 5.60 Å². The number of nitrogens with zero attached hydrogens (tertiary/aromatic N) is 1. The first kappa shape index (κ1) is 14.4. The molecule has 0 saturated carbocycles. The normalized spacial score (nSPS) is 20.8. The molecule has 1 atom stereocenters. The van der Waals surface area contributed by atoms with Gasteiger partial charge in [0.25, 0.3) is 0 Å². The second-order valence-corrected chi connectivity index (χ2v) is 6.55. The van der Waals surface area contributed by atoms with Crippen molar-refractivity contribution in [3.05, 3.63) is 0 Å². The molecule has 98 valence electrons. The van der Waals surface area contributed by atoms with E-state index in [9.17, 15) is 9.59 Å². The zero-order valence-corrected chi connectivity index (χ0v) is 11.8. The van der Waals surface area contributed by atoms with Gasteiger partial charge in [-0.1, -0.05) is 0 Å². The first-order valence-electron chi connectivity index (χ1n) is 5.88. The van der Waals surface area contributed by atoms with Crippen molar-refractivity contribution in [2.45, 2.75) is 44.5 Å². The molecule has 1 saturated heterocycles. The van der Waals surface area contributed by atoms with E-state index >= 15 is 0 Å². The Morgan fingerprint density at radius 2 is 2.18 bits per heavy atom. The largest absolute Gasteiger partial charge is 0.460 e. The van der Waals surface area contributed by atoms with Gasteiger partial charge in [-0.15, -0.1) is 11.8 Å². The molecule has 0 aromatic carbocycles. The molecular formula is C12H21NO3S. The summed E-state index contributed by atoms with van der Waals surface area (Å²) >= 11 is 1.56. The Balaban J connectivity index is 2.20. The number of thioether (sulfide) groups is 1. The molecule has 1 aliphatic rings. The number of carbonyl (C=O) groups is 2. The van der Waals surface area contributed by atoms with Gasteiger partial charge in [-0.25, -0.2) is 0 Å². The van der Waals surface area contributed by atoms with Crippen LogP contribution >= 0.6 is 11.8 Å². The Bertz CT molecular complexity index is 299. The molecule has 0 aliphatic carbocycles. The van der Waals surface area contributed by atoms with E-state index in [-0.39, 0.29) is 17.1 Å².